The normalized spacial score (nSPS) is 11.4. The Balaban J connectivity index is 1.30. The van der Waals surface area contributed by atoms with Crippen molar-refractivity contribution in [3.05, 3.63) is 158 Å². The number of anilines is 2. The fourth-order valence-electron chi connectivity index (χ4n) is 4.76. The van der Waals surface area contributed by atoms with Crippen LogP contribution in [0.25, 0.3) is 22.3 Å². The summed E-state index contributed by atoms with van der Waals surface area (Å²) in [5, 5.41) is 9.14. The van der Waals surface area contributed by atoms with E-state index in [0.717, 1.165) is 11.4 Å². The van der Waals surface area contributed by atoms with E-state index in [9.17, 15) is 0 Å². The largest absolute Gasteiger partial charge is 0.354 e. The van der Waals surface area contributed by atoms with Crippen molar-refractivity contribution in [3.63, 3.8) is 0 Å². The van der Waals surface area contributed by atoms with Crippen molar-refractivity contribution in [3.8, 4) is 22.3 Å². The number of rotatable bonds is 8. The van der Waals surface area contributed by atoms with Gasteiger partial charge in [-0.3, -0.25) is 0 Å². The Bertz CT molecular complexity index is 1550. The highest BCUT2D eigenvalue weighted by atomic mass is 31.1. The van der Waals surface area contributed by atoms with Crippen LogP contribution in [0.1, 0.15) is 0 Å². The molecule has 0 aliphatic carbocycles. The Hall–Kier alpha value is -4.02. The van der Waals surface area contributed by atoms with Gasteiger partial charge < -0.3 is 5.32 Å². The summed E-state index contributed by atoms with van der Waals surface area (Å²) in [6, 6.07) is 56.3. The first-order valence-corrected chi connectivity index (χ1v) is 15.1. The van der Waals surface area contributed by atoms with Crippen molar-refractivity contribution in [2.24, 2.45) is 0 Å². The van der Waals surface area contributed by atoms with Gasteiger partial charge in [-0.25, -0.2) is 0 Å². The maximum Gasteiger partial charge on any atom is 0.0463 e. The van der Waals surface area contributed by atoms with Crippen LogP contribution in [0, 0.1) is 0 Å². The lowest BCUT2D eigenvalue weighted by Crippen LogP contribution is -2.14. The number of nitrogens with one attached hydrogen (secondary N) is 1. The van der Waals surface area contributed by atoms with E-state index < -0.39 is 0 Å². The zero-order chi connectivity index (χ0) is 26.3. The van der Waals surface area contributed by atoms with Gasteiger partial charge in [0.1, 0.15) is 0 Å². The van der Waals surface area contributed by atoms with Crippen LogP contribution in [0.4, 0.5) is 11.4 Å². The molecule has 188 valence electrons. The lowest BCUT2D eigenvalue weighted by Gasteiger charge is -2.17. The Morgan fingerprint density at radius 2 is 0.641 bits per heavy atom. The number of hydrogen-bond acceptors (Lipinski definition) is 1. The Morgan fingerprint density at radius 3 is 1.08 bits per heavy atom. The smallest absolute Gasteiger partial charge is 0.0463 e. The van der Waals surface area contributed by atoms with Gasteiger partial charge in [-0.15, -0.1) is 0 Å². The van der Waals surface area contributed by atoms with Crippen LogP contribution in [0.3, 0.4) is 0 Å². The van der Waals surface area contributed by atoms with Crippen LogP contribution < -0.4 is 26.5 Å². The third kappa shape index (κ3) is 6.02. The van der Waals surface area contributed by atoms with Gasteiger partial charge in [-0.2, -0.15) is 0 Å². The first kappa shape index (κ1) is 25.3. The predicted octanol–water partition coefficient (Wildman–Crippen LogP) is 8.02. The minimum absolute atomic E-state index is 0.541. The molecule has 2 unspecified atom stereocenters. The van der Waals surface area contributed by atoms with E-state index in [1.54, 1.807) is 0 Å². The molecule has 0 aromatic heterocycles. The van der Waals surface area contributed by atoms with Gasteiger partial charge in [0.05, 0.1) is 0 Å². The quantitative estimate of drug-likeness (QED) is 0.194. The third-order valence-electron chi connectivity index (χ3n) is 6.69. The summed E-state index contributed by atoms with van der Waals surface area (Å²) in [5.41, 5.74) is 7.43. The van der Waals surface area contributed by atoms with Gasteiger partial charge in [0.2, 0.25) is 0 Å². The van der Waals surface area contributed by atoms with Crippen LogP contribution in [-0.2, 0) is 0 Å². The van der Waals surface area contributed by atoms with E-state index in [1.807, 2.05) is 0 Å². The van der Waals surface area contributed by atoms with Crippen molar-refractivity contribution >= 4 is 49.8 Å². The summed E-state index contributed by atoms with van der Waals surface area (Å²) in [4.78, 5) is 0. The van der Waals surface area contributed by atoms with Crippen molar-refractivity contribution in [1.82, 2.24) is 0 Å². The summed E-state index contributed by atoms with van der Waals surface area (Å²) in [7, 11) is 1.08. The molecule has 3 heteroatoms. The summed E-state index contributed by atoms with van der Waals surface area (Å²) >= 11 is 0. The topological polar surface area (TPSA) is 12.0 Å². The molecule has 0 heterocycles. The number of hydrogen-bond donors (Lipinski definition) is 1. The molecular formula is C36H29NP2. The second kappa shape index (κ2) is 12.2. The zero-order valence-corrected chi connectivity index (χ0v) is 23.5. The summed E-state index contributed by atoms with van der Waals surface area (Å²) in [6.07, 6.45) is 0. The highest BCUT2D eigenvalue weighted by Crippen LogP contribution is 2.29. The predicted molar refractivity (Wildman–Crippen MR) is 175 cm³/mol. The first-order valence-electron chi connectivity index (χ1n) is 13.1. The molecule has 6 rings (SSSR count). The van der Waals surface area contributed by atoms with Crippen molar-refractivity contribution in [2.75, 3.05) is 5.32 Å². The molecule has 0 saturated heterocycles. The molecule has 2 atom stereocenters. The van der Waals surface area contributed by atoms with Crippen molar-refractivity contribution < 1.29 is 0 Å². The maximum atomic E-state index is 3.81. The molecule has 6 aromatic carbocycles. The maximum absolute atomic E-state index is 3.81. The highest BCUT2D eigenvalue weighted by Gasteiger charge is 2.12. The molecule has 0 amide bonds. The van der Waals surface area contributed by atoms with E-state index in [2.05, 4.69) is 163 Å². The molecular weight excluding hydrogens is 508 g/mol. The third-order valence-corrected chi connectivity index (χ3v) is 9.51. The van der Waals surface area contributed by atoms with E-state index >= 15 is 0 Å². The molecule has 0 fully saturated rings. The van der Waals surface area contributed by atoms with E-state index in [4.69, 9.17) is 0 Å². The minimum Gasteiger partial charge on any atom is -0.354 e. The molecule has 39 heavy (non-hydrogen) atoms. The summed E-state index contributed by atoms with van der Waals surface area (Å²) in [6.45, 7) is 0. The van der Waals surface area contributed by atoms with Gasteiger partial charge in [0, 0.05) is 22.0 Å². The Kier molecular flexibility index (Phi) is 7.92. The Morgan fingerprint density at radius 1 is 0.308 bits per heavy atom. The fourth-order valence-corrected chi connectivity index (χ4v) is 7.34. The van der Waals surface area contributed by atoms with Crippen molar-refractivity contribution in [1.29, 1.82) is 0 Å². The lowest BCUT2D eigenvalue weighted by molar-refractivity contribution is 1.60. The van der Waals surface area contributed by atoms with E-state index in [1.165, 1.54) is 43.5 Å². The standard InChI is InChI=1S/C36H29NP2/c1-3-15-27(16-4-1)29-19-7-11-23-33(29)38-35-25-13-9-21-31(35)37-32-22-10-14-26-36(32)39-34-24-12-8-20-30(34)28-17-5-2-6-18-28/h1-26,37-39H. The van der Waals surface area contributed by atoms with Crippen LogP contribution in [0.5, 0.6) is 0 Å². The second-order valence-corrected chi connectivity index (χ2v) is 11.9. The average molecular weight is 538 g/mol. The monoisotopic (exact) mass is 537 g/mol. The Labute approximate surface area is 234 Å². The second-order valence-electron chi connectivity index (χ2n) is 9.29. The molecule has 0 saturated carbocycles. The van der Waals surface area contributed by atoms with Gasteiger partial charge in [-0.1, -0.05) is 163 Å². The van der Waals surface area contributed by atoms with Gasteiger partial charge >= 0.3 is 0 Å². The summed E-state index contributed by atoms with van der Waals surface area (Å²) in [5.74, 6) is 0. The highest BCUT2D eigenvalue weighted by molar-refractivity contribution is 7.56. The van der Waals surface area contributed by atoms with E-state index in [0.29, 0.717) is 17.2 Å². The molecule has 0 spiro atoms. The van der Waals surface area contributed by atoms with Gasteiger partial charge in [0.25, 0.3) is 0 Å². The fraction of sp³-hybridized carbons (Fsp3) is 0. The SMILES string of the molecule is c1ccc(-c2ccccc2Pc2ccccc2Nc2ccccc2Pc2ccccc2-c2ccccc2)cc1. The number of para-hydroxylation sites is 2. The van der Waals surface area contributed by atoms with Crippen LogP contribution in [0.2, 0.25) is 0 Å². The van der Waals surface area contributed by atoms with E-state index in [-0.39, 0.29) is 0 Å². The lowest BCUT2D eigenvalue weighted by atomic mass is 10.1. The molecule has 0 aliphatic heterocycles. The molecule has 1 nitrogen and oxygen atoms in total. The molecule has 6 aromatic rings. The van der Waals surface area contributed by atoms with Crippen LogP contribution in [-0.4, -0.2) is 0 Å². The molecule has 0 bridgehead atoms. The zero-order valence-electron chi connectivity index (χ0n) is 21.5. The van der Waals surface area contributed by atoms with Crippen molar-refractivity contribution in [2.45, 2.75) is 0 Å². The van der Waals surface area contributed by atoms with Crippen LogP contribution >= 0.6 is 17.2 Å². The van der Waals surface area contributed by atoms with Crippen LogP contribution in [0.15, 0.2) is 158 Å². The van der Waals surface area contributed by atoms with Gasteiger partial charge in [0.15, 0.2) is 0 Å². The molecule has 0 radical (unpaired) electrons. The minimum atomic E-state index is 0.541. The molecule has 1 N–H and O–H groups in total. The van der Waals surface area contributed by atoms with Gasteiger partial charge in [-0.05, 0) is 45.0 Å². The molecule has 0 aliphatic rings. The average Bonchev–Trinajstić information content (AvgIpc) is 3.00. The number of benzene rings is 6. The first-order chi connectivity index (χ1) is 19.3. The summed E-state index contributed by atoms with van der Waals surface area (Å²) < 4.78 is 0.